The van der Waals surface area contributed by atoms with Gasteiger partial charge in [0.25, 0.3) is 11.2 Å². The number of anilines is 1. The molecule has 3 aromatic carbocycles. The third-order valence-electron chi connectivity index (χ3n) is 5.62. The predicted octanol–water partition coefficient (Wildman–Crippen LogP) is 6.19. The highest BCUT2D eigenvalue weighted by atomic mass is 35.5. The van der Waals surface area contributed by atoms with E-state index in [1.165, 1.54) is 18.2 Å². The van der Waals surface area contributed by atoms with Crippen molar-refractivity contribution in [3.05, 3.63) is 97.8 Å². The van der Waals surface area contributed by atoms with E-state index in [1.807, 2.05) is 30.3 Å². The van der Waals surface area contributed by atoms with Gasteiger partial charge in [-0.25, -0.2) is 4.98 Å². The number of hydrogen-bond acceptors (Lipinski definition) is 6. The van der Waals surface area contributed by atoms with Gasteiger partial charge in [-0.3, -0.25) is 24.3 Å². The number of hydrogen-bond donors (Lipinski definition) is 1. The first-order chi connectivity index (χ1) is 17.2. The maximum absolute atomic E-state index is 13.6. The fourth-order valence-corrected chi connectivity index (χ4v) is 4.89. The van der Waals surface area contributed by atoms with Crippen molar-refractivity contribution in [3.63, 3.8) is 0 Å². The Bertz CT molecular complexity index is 1540. The first-order valence-electron chi connectivity index (χ1n) is 11.2. The molecule has 0 aliphatic heterocycles. The average Bonchev–Trinajstić information content (AvgIpc) is 2.85. The fourth-order valence-electron chi connectivity index (χ4n) is 3.75. The second kappa shape index (κ2) is 10.5. The van der Waals surface area contributed by atoms with Crippen LogP contribution in [0.3, 0.4) is 0 Å². The van der Waals surface area contributed by atoms with Crippen molar-refractivity contribution in [1.82, 2.24) is 9.55 Å². The molecule has 1 amide bonds. The van der Waals surface area contributed by atoms with Crippen molar-refractivity contribution >= 4 is 51.5 Å². The van der Waals surface area contributed by atoms with Crippen LogP contribution in [0, 0.1) is 10.1 Å². The molecule has 1 unspecified atom stereocenters. The Hall–Kier alpha value is -3.69. The first-order valence-corrected chi connectivity index (χ1v) is 12.5. The van der Waals surface area contributed by atoms with Crippen LogP contribution in [0.2, 0.25) is 5.02 Å². The van der Waals surface area contributed by atoms with E-state index in [4.69, 9.17) is 16.6 Å². The molecule has 0 fully saturated rings. The number of aromatic nitrogens is 2. The average molecular weight is 523 g/mol. The number of non-ortho nitro benzene ring substituents is 1. The number of halogens is 1. The number of thioether (sulfide) groups is 1. The van der Waals surface area contributed by atoms with Gasteiger partial charge in [0.05, 0.1) is 37.5 Å². The minimum absolute atomic E-state index is 0.0568. The Morgan fingerprint density at radius 3 is 2.47 bits per heavy atom. The molecule has 1 aromatic heterocycles. The molecular formula is C26H23ClN4O4S. The highest BCUT2D eigenvalue weighted by molar-refractivity contribution is 8.00. The molecule has 0 radical (unpaired) electrons. The van der Waals surface area contributed by atoms with E-state index in [0.29, 0.717) is 21.7 Å². The van der Waals surface area contributed by atoms with E-state index >= 15 is 0 Å². The van der Waals surface area contributed by atoms with E-state index < -0.39 is 10.2 Å². The van der Waals surface area contributed by atoms with Crippen LogP contribution in [-0.2, 0) is 4.79 Å². The number of nitro groups is 1. The molecule has 36 heavy (non-hydrogen) atoms. The summed E-state index contributed by atoms with van der Waals surface area (Å²) in [4.78, 5) is 41.8. The van der Waals surface area contributed by atoms with Gasteiger partial charge in [-0.1, -0.05) is 67.5 Å². The molecule has 1 N–H and O–H groups in total. The van der Waals surface area contributed by atoms with Crippen molar-refractivity contribution in [2.45, 2.75) is 37.1 Å². The largest absolute Gasteiger partial charge is 0.324 e. The molecule has 0 saturated carbocycles. The Labute approximate surface area is 216 Å². The lowest BCUT2D eigenvalue weighted by Crippen LogP contribution is -2.27. The predicted molar refractivity (Wildman–Crippen MR) is 143 cm³/mol. The van der Waals surface area contributed by atoms with Crippen molar-refractivity contribution in [2.24, 2.45) is 0 Å². The van der Waals surface area contributed by atoms with Crippen LogP contribution in [0.4, 0.5) is 11.4 Å². The Kier molecular flexibility index (Phi) is 7.42. The minimum Gasteiger partial charge on any atom is -0.324 e. The smallest absolute Gasteiger partial charge is 0.271 e. The molecular weight excluding hydrogens is 500 g/mol. The summed E-state index contributed by atoms with van der Waals surface area (Å²) in [5, 5.41) is 13.9. The van der Waals surface area contributed by atoms with Crippen LogP contribution >= 0.6 is 23.4 Å². The van der Waals surface area contributed by atoms with E-state index in [9.17, 15) is 19.7 Å². The van der Waals surface area contributed by atoms with E-state index in [-0.39, 0.29) is 33.8 Å². The van der Waals surface area contributed by atoms with Crippen molar-refractivity contribution < 1.29 is 9.72 Å². The Morgan fingerprint density at radius 2 is 1.78 bits per heavy atom. The van der Waals surface area contributed by atoms with Gasteiger partial charge in [0.2, 0.25) is 5.91 Å². The molecule has 10 heteroatoms. The van der Waals surface area contributed by atoms with Crippen molar-refractivity contribution in [1.29, 1.82) is 0 Å². The highest BCUT2D eigenvalue weighted by Crippen LogP contribution is 2.31. The summed E-state index contributed by atoms with van der Waals surface area (Å²) < 4.78 is 1.56. The normalized spacial score (nSPS) is 12.0. The summed E-state index contributed by atoms with van der Waals surface area (Å²) >= 11 is 7.28. The zero-order chi connectivity index (χ0) is 26.0. The summed E-state index contributed by atoms with van der Waals surface area (Å²) in [5.41, 5.74) is 2.09. The SMILES string of the molecule is CC(Sc1nc2ccccc2c(=O)n1-c1ccccc1C(C)C)C(=O)Nc1ccc([N+](=O)[O-])cc1Cl. The lowest BCUT2D eigenvalue weighted by molar-refractivity contribution is -0.384. The van der Waals surface area contributed by atoms with Crippen LogP contribution in [-0.4, -0.2) is 25.6 Å². The second-order valence-electron chi connectivity index (χ2n) is 8.44. The Morgan fingerprint density at radius 1 is 1.08 bits per heavy atom. The van der Waals surface area contributed by atoms with Crippen LogP contribution in [0.5, 0.6) is 0 Å². The highest BCUT2D eigenvalue weighted by Gasteiger charge is 2.23. The summed E-state index contributed by atoms with van der Waals surface area (Å²) in [6.07, 6.45) is 0. The van der Waals surface area contributed by atoms with Crippen LogP contribution in [0.25, 0.3) is 16.6 Å². The lowest BCUT2D eigenvalue weighted by Gasteiger charge is -2.20. The van der Waals surface area contributed by atoms with Gasteiger partial charge < -0.3 is 5.32 Å². The second-order valence-corrected chi connectivity index (χ2v) is 10.2. The van der Waals surface area contributed by atoms with Gasteiger partial charge >= 0.3 is 0 Å². The Balaban J connectivity index is 1.73. The zero-order valence-electron chi connectivity index (χ0n) is 19.8. The van der Waals surface area contributed by atoms with E-state index in [0.717, 1.165) is 17.3 Å². The van der Waals surface area contributed by atoms with Gasteiger partial charge in [-0.05, 0) is 42.7 Å². The first kappa shape index (κ1) is 25.4. The summed E-state index contributed by atoms with van der Waals surface area (Å²) in [6.45, 7) is 5.80. The zero-order valence-corrected chi connectivity index (χ0v) is 21.3. The molecule has 4 aromatic rings. The molecule has 0 saturated heterocycles. The minimum atomic E-state index is -0.665. The number of amides is 1. The van der Waals surface area contributed by atoms with Gasteiger partial charge in [-0.2, -0.15) is 0 Å². The molecule has 0 bridgehead atoms. The van der Waals surface area contributed by atoms with Crippen molar-refractivity contribution in [3.8, 4) is 5.69 Å². The molecule has 1 atom stereocenters. The van der Waals surface area contributed by atoms with Crippen LogP contribution in [0.15, 0.2) is 76.7 Å². The number of para-hydroxylation sites is 2. The quantitative estimate of drug-likeness (QED) is 0.134. The van der Waals surface area contributed by atoms with E-state index in [2.05, 4.69) is 19.2 Å². The van der Waals surface area contributed by atoms with Gasteiger partial charge in [0.15, 0.2) is 5.16 Å². The standard InChI is InChI=1S/C26H23ClN4O4S/c1-15(2)18-8-5-7-11-23(18)30-25(33)19-9-4-6-10-21(19)29-26(30)36-16(3)24(32)28-22-13-12-17(31(34)35)14-20(22)27/h4-16H,1-3H3,(H,28,32). The third kappa shape index (κ3) is 5.12. The molecule has 8 nitrogen and oxygen atoms in total. The molecule has 4 rings (SSSR count). The van der Waals surface area contributed by atoms with Gasteiger partial charge in [0.1, 0.15) is 0 Å². The summed E-state index contributed by atoms with van der Waals surface area (Å²) in [5.74, 6) is -0.232. The van der Waals surface area contributed by atoms with Gasteiger partial charge in [-0.15, -0.1) is 0 Å². The maximum atomic E-state index is 13.6. The summed E-state index contributed by atoms with van der Waals surface area (Å²) in [6, 6.07) is 18.6. The number of carbonyl (C=O) groups excluding carboxylic acids is 1. The molecule has 0 aliphatic carbocycles. The number of nitro benzene ring substituents is 1. The fraction of sp³-hybridized carbons (Fsp3) is 0.192. The maximum Gasteiger partial charge on any atom is 0.271 e. The number of carbonyl (C=O) groups is 1. The molecule has 1 heterocycles. The number of nitrogens with one attached hydrogen (secondary N) is 1. The summed E-state index contributed by atoms with van der Waals surface area (Å²) in [7, 11) is 0. The third-order valence-corrected chi connectivity index (χ3v) is 6.98. The number of rotatable bonds is 7. The van der Waals surface area contributed by atoms with E-state index in [1.54, 1.807) is 29.7 Å². The topological polar surface area (TPSA) is 107 Å². The number of nitrogens with zero attached hydrogens (tertiary/aromatic N) is 3. The monoisotopic (exact) mass is 522 g/mol. The molecule has 184 valence electrons. The molecule has 0 aliphatic rings. The van der Waals surface area contributed by atoms with Crippen LogP contribution in [0.1, 0.15) is 32.3 Å². The van der Waals surface area contributed by atoms with Gasteiger partial charge in [0, 0.05) is 12.1 Å². The number of benzene rings is 3. The lowest BCUT2D eigenvalue weighted by atomic mass is 10.0. The number of fused-ring (bicyclic) bond motifs is 1. The van der Waals surface area contributed by atoms with Crippen molar-refractivity contribution in [2.75, 3.05) is 5.32 Å². The molecule has 0 spiro atoms. The van der Waals surface area contributed by atoms with Crippen LogP contribution < -0.4 is 10.9 Å².